The first kappa shape index (κ1) is 10.7. The second kappa shape index (κ2) is 5.40. The predicted molar refractivity (Wildman–Crippen MR) is 61.9 cm³/mol. The van der Waals surface area contributed by atoms with Gasteiger partial charge in [0.2, 0.25) is 0 Å². The van der Waals surface area contributed by atoms with E-state index in [4.69, 9.17) is 5.11 Å². The maximum atomic E-state index is 8.60. The molecule has 74 valence electrons. The summed E-state index contributed by atoms with van der Waals surface area (Å²) in [6, 6.07) is 8.23. The van der Waals surface area contributed by atoms with Crippen molar-refractivity contribution in [2.75, 3.05) is 6.61 Å². The standard InChI is InChI=1S/C13H16O/c1-11(2)10-13-7-5-12(6-8-13)4-3-9-14/h3-8,10,14H,9H2,1-2H3. The fraction of sp³-hybridized carbons (Fsp3) is 0.231. The van der Waals surface area contributed by atoms with E-state index >= 15 is 0 Å². The number of hydrogen-bond acceptors (Lipinski definition) is 1. The highest BCUT2D eigenvalue weighted by Gasteiger charge is 1.88. The Morgan fingerprint density at radius 2 is 1.71 bits per heavy atom. The largest absolute Gasteiger partial charge is 0.392 e. The Morgan fingerprint density at radius 3 is 2.21 bits per heavy atom. The molecule has 14 heavy (non-hydrogen) atoms. The van der Waals surface area contributed by atoms with Crippen molar-refractivity contribution in [3.63, 3.8) is 0 Å². The molecule has 0 spiro atoms. The van der Waals surface area contributed by atoms with Crippen LogP contribution in [0.4, 0.5) is 0 Å². The zero-order chi connectivity index (χ0) is 10.4. The molecular formula is C13H16O. The van der Waals surface area contributed by atoms with E-state index in [2.05, 4.69) is 32.1 Å². The van der Waals surface area contributed by atoms with Gasteiger partial charge in [0.1, 0.15) is 0 Å². The minimum Gasteiger partial charge on any atom is -0.392 e. The van der Waals surface area contributed by atoms with Crippen LogP contribution < -0.4 is 0 Å². The molecule has 0 atom stereocenters. The third-order valence-corrected chi connectivity index (χ3v) is 1.81. The maximum absolute atomic E-state index is 8.60. The highest BCUT2D eigenvalue weighted by molar-refractivity contribution is 5.56. The number of aliphatic hydroxyl groups excluding tert-OH is 1. The molecule has 0 aromatic heterocycles. The second-order valence-electron chi connectivity index (χ2n) is 3.47. The van der Waals surface area contributed by atoms with Crippen molar-refractivity contribution in [2.24, 2.45) is 0 Å². The van der Waals surface area contributed by atoms with Gasteiger partial charge in [0, 0.05) is 0 Å². The second-order valence-corrected chi connectivity index (χ2v) is 3.47. The summed E-state index contributed by atoms with van der Waals surface area (Å²) in [7, 11) is 0. The van der Waals surface area contributed by atoms with Crippen LogP contribution in [-0.4, -0.2) is 11.7 Å². The lowest BCUT2D eigenvalue weighted by molar-refractivity contribution is 0.343. The Labute approximate surface area is 85.4 Å². The molecule has 0 unspecified atom stereocenters. The third-order valence-electron chi connectivity index (χ3n) is 1.81. The van der Waals surface area contributed by atoms with Gasteiger partial charge in [-0.05, 0) is 25.0 Å². The van der Waals surface area contributed by atoms with E-state index in [0.717, 1.165) is 5.56 Å². The normalized spacial score (nSPS) is 10.5. The minimum absolute atomic E-state index is 0.0930. The molecule has 1 heteroatoms. The first-order valence-corrected chi connectivity index (χ1v) is 4.75. The first-order valence-electron chi connectivity index (χ1n) is 4.75. The summed E-state index contributed by atoms with van der Waals surface area (Å²) in [5, 5.41) is 8.60. The number of rotatable bonds is 3. The number of allylic oxidation sites excluding steroid dienone is 1. The minimum atomic E-state index is 0.0930. The predicted octanol–water partition coefficient (Wildman–Crippen LogP) is 3.12. The molecule has 0 amide bonds. The smallest absolute Gasteiger partial charge is 0.0615 e. The fourth-order valence-electron chi connectivity index (χ4n) is 1.23. The zero-order valence-corrected chi connectivity index (χ0v) is 8.70. The van der Waals surface area contributed by atoms with E-state index in [0.29, 0.717) is 0 Å². The van der Waals surface area contributed by atoms with Crippen LogP contribution in [0.3, 0.4) is 0 Å². The molecule has 0 radical (unpaired) electrons. The van der Waals surface area contributed by atoms with Crippen LogP contribution in [0.2, 0.25) is 0 Å². The third kappa shape index (κ3) is 3.58. The van der Waals surface area contributed by atoms with E-state index in [-0.39, 0.29) is 6.61 Å². The van der Waals surface area contributed by atoms with Gasteiger partial charge in [0.15, 0.2) is 0 Å². The van der Waals surface area contributed by atoms with Crippen LogP contribution in [0.5, 0.6) is 0 Å². The molecule has 1 aromatic carbocycles. The van der Waals surface area contributed by atoms with Gasteiger partial charge in [-0.3, -0.25) is 0 Å². The van der Waals surface area contributed by atoms with E-state index in [1.54, 1.807) is 6.08 Å². The number of benzene rings is 1. The zero-order valence-electron chi connectivity index (χ0n) is 8.70. The van der Waals surface area contributed by atoms with Crippen molar-refractivity contribution in [1.82, 2.24) is 0 Å². The Balaban J connectivity index is 2.78. The summed E-state index contributed by atoms with van der Waals surface area (Å²) in [5.74, 6) is 0. The van der Waals surface area contributed by atoms with Gasteiger partial charge in [-0.2, -0.15) is 0 Å². The molecule has 0 saturated heterocycles. The Bertz CT molecular complexity index is 327. The summed E-state index contributed by atoms with van der Waals surface area (Å²) in [5.41, 5.74) is 3.62. The molecule has 0 fully saturated rings. The molecule has 0 aliphatic heterocycles. The van der Waals surface area contributed by atoms with E-state index in [1.165, 1.54) is 11.1 Å². The van der Waals surface area contributed by atoms with Gasteiger partial charge < -0.3 is 5.11 Å². The van der Waals surface area contributed by atoms with E-state index in [1.807, 2.05) is 18.2 Å². The molecular weight excluding hydrogens is 172 g/mol. The molecule has 1 rings (SSSR count). The molecule has 0 bridgehead atoms. The lowest BCUT2D eigenvalue weighted by atomic mass is 10.1. The summed E-state index contributed by atoms with van der Waals surface area (Å²) in [4.78, 5) is 0. The lowest BCUT2D eigenvalue weighted by Crippen LogP contribution is -1.77. The van der Waals surface area contributed by atoms with E-state index < -0.39 is 0 Å². The van der Waals surface area contributed by atoms with Gasteiger partial charge in [0.05, 0.1) is 6.61 Å². The van der Waals surface area contributed by atoms with Crippen LogP contribution in [-0.2, 0) is 0 Å². The highest BCUT2D eigenvalue weighted by Crippen LogP contribution is 2.09. The highest BCUT2D eigenvalue weighted by atomic mass is 16.2. The molecule has 0 saturated carbocycles. The average molecular weight is 188 g/mol. The van der Waals surface area contributed by atoms with Crippen molar-refractivity contribution in [3.05, 3.63) is 47.0 Å². The number of aliphatic hydroxyl groups is 1. The van der Waals surface area contributed by atoms with Crippen LogP contribution in [0, 0.1) is 0 Å². The number of hydrogen-bond donors (Lipinski definition) is 1. The first-order chi connectivity index (χ1) is 6.72. The van der Waals surface area contributed by atoms with Crippen LogP contribution in [0.1, 0.15) is 25.0 Å². The van der Waals surface area contributed by atoms with Gasteiger partial charge in [-0.15, -0.1) is 0 Å². The maximum Gasteiger partial charge on any atom is 0.0615 e. The Hall–Kier alpha value is -1.34. The van der Waals surface area contributed by atoms with Crippen molar-refractivity contribution in [1.29, 1.82) is 0 Å². The topological polar surface area (TPSA) is 20.2 Å². The van der Waals surface area contributed by atoms with E-state index in [9.17, 15) is 0 Å². The lowest BCUT2D eigenvalue weighted by Gasteiger charge is -1.96. The van der Waals surface area contributed by atoms with Crippen LogP contribution in [0.25, 0.3) is 12.2 Å². The summed E-state index contributed by atoms with van der Waals surface area (Å²) >= 11 is 0. The summed E-state index contributed by atoms with van der Waals surface area (Å²) in [6.45, 7) is 4.26. The summed E-state index contributed by atoms with van der Waals surface area (Å²) < 4.78 is 0. The van der Waals surface area contributed by atoms with Crippen LogP contribution in [0.15, 0.2) is 35.9 Å². The fourth-order valence-corrected chi connectivity index (χ4v) is 1.23. The van der Waals surface area contributed by atoms with Crippen molar-refractivity contribution < 1.29 is 5.11 Å². The van der Waals surface area contributed by atoms with Gasteiger partial charge in [0.25, 0.3) is 0 Å². The molecule has 1 N–H and O–H groups in total. The van der Waals surface area contributed by atoms with Gasteiger partial charge in [-0.1, -0.05) is 48.1 Å². The SMILES string of the molecule is CC(C)=Cc1ccc(C=CCO)cc1. The van der Waals surface area contributed by atoms with Crippen LogP contribution >= 0.6 is 0 Å². The monoisotopic (exact) mass is 188 g/mol. The molecule has 1 aromatic rings. The van der Waals surface area contributed by atoms with Crippen molar-refractivity contribution in [3.8, 4) is 0 Å². The average Bonchev–Trinajstić information content (AvgIpc) is 2.16. The van der Waals surface area contributed by atoms with Gasteiger partial charge >= 0.3 is 0 Å². The van der Waals surface area contributed by atoms with Gasteiger partial charge in [-0.25, -0.2) is 0 Å². The Morgan fingerprint density at radius 1 is 1.14 bits per heavy atom. The summed E-state index contributed by atoms with van der Waals surface area (Å²) in [6.07, 6.45) is 5.78. The molecule has 0 aliphatic carbocycles. The molecule has 0 heterocycles. The molecule has 0 aliphatic rings. The Kier molecular flexibility index (Phi) is 4.14. The molecule has 1 nitrogen and oxygen atoms in total. The van der Waals surface area contributed by atoms with Crippen molar-refractivity contribution >= 4 is 12.2 Å². The quantitative estimate of drug-likeness (QED) is 0.772. The van der Waals surface area contributed by atoms with Crippen molar-refractivity contribution in [2.45, 2.75) is 13.8 Å².